The zero-order valence-corrected chi connectivity index (χ0v) is 19.9. The zero-order valence-electron chi connectivity index (χ0n) is 19.2. The number of hydrogen-bond acceptors (Lipinski definition) is 5. The lowest BCUT2D eigenvalue weighted by atomic mass is 9.96. The maximum Gasteiger partial charge on any atom is 0.320 e. The van der Waals surface area contributed by atoms with Crippen LogP contribution in [0.15, 0.2) is 73.1 Å². The maximum absolute atomic E-state index is 13.1. The fourth-order valence-corrected chi connectivity index (χ4v) is 4.22. The molecule has 0 bridgehead atoms. The fourth-order valence-electron chi connectivity index (χ4n) is 4.10. The highest BCUT2D eigenvalue weighted by atomic mass is 35.5. The number of pyridine rings is 1. The van der Waals surface area contributed by atoms with E-state index in [1.54, 1.807) is 48.8 Å². The minimum absolute atomic E-state index is 0.0829. The van der Waals surface area contributed by atoms with Gasteiger partial charge in [0.2, 0.25) is 5.91 Å². The topological polar surface area (TPSA) is 107 Å². The van der Waals surface area contributed by atoms with E-state index in [1.807, 2.05) is 12.1 Å². The number of urea groups is 1. The van der Waals surface area contributed by atoms with Gasteiger partial charge in [-0.2, -0.15) is 0 Å². The van der Waals surface area contributed by atoms with Crippen molar-refractivity contribution >= 4 is 34.9 Å². The second-order valence-electron chi connectivity index (χ2n) is 8.51. The van der Waals surface area contributed by atoms with Crippen molar-refractivity contribution in [2.24, 2.45) is 5.92 Å². The highest BCUT2D eigenvalue weighted by Gasteiger charge is 2.25. The van der Waals surface area contributed by atoms with E-state index in [1.165, 1.54) is 12.1 Å². The summed E-state index contributed by atoms with van der Waals surface area (Å²) in [4.78, 5) is 32.2. The Kier molecular flexibility index (Phi) is 8.05. The third kappa shape index (κ3) is 6.86. The Balaban J connectivity index is 1.35. The molecule has 0 spiro atoms. The van der Waals surface area contributed by atoms with Crippen LogP contribution in [0.25, 0.3) is 0 Å². The van der Waals surface area contributed by atoms with Gasteiger partial charge in [0.15, 0.2) is 0 Å². The van der Waals surface area contributed by atoms with Gasteiger partial charge in [-0.1, -0.05) is 23.7 Å². The number of halogens is 1. The van der Waals surface area contributed by atoms with Gasteiger partial charge in [-0.05, 0) is 72.9 Å². The largest absolute Gasteiger partial charge is 0.508 e. The van der Waals surface area contributed by atoms with E-state index in [9.17, 15) is 14.7 Å². The van der Waals surface area contributed by atoms with Gasteiger partial charge in [-0.15, -0.1) is 0 Å². The SMILES string of the molecule is O=C(Nc1ccc(Cl)cc1)N[C@@H](C(=O)NCC1CCN(c2ccncc2)CC1)c1ccc(O)cc1. The van der Waals surface area contributed by atoms with Crippen LogP contribution in [0.3, 0.4) is 0 Å². The molecule has 1 saturated heterocycles. The van der Waals surface area contributed by atoms with Crippen LogP contribution >= 0.6 is 11.6 Å². The summed E-state index contributed by atoms with van der Waals surface area (Å²) in [5.41, 5.74) is 2.28. The Morgan fingerprint density at radius 2 is 1.66 bits per heavy atom. The molecule has 2 aromatic carbocycles. The molecule has 3 aromatic rings. The van der Waals surface area contributed by atoms with Crippen molar-refractivity contribution in [1.29, 1.82) is 0 Å². The zero-order chi connectivity index (χ0) is 24.6. The van der Waals surface area contributed by atoms with Crippen LogP contribution in [0, 0.1) is 5.92 Å². The summed E-state index contributed by atoms with van der Waals surface area (Å²) < 4.78 is 0. The molecule has 4 N–H and O–H groups in total. The number of rotatable bonds is 7. The molecular formula is C26H28ClN5O3. The quantitative estimate of drug-likeness (QED) is 0.392. The number of amides is 3. The monoisotopic (exact) mass is 493 g/mol. The van der Waals surface area contributed by atoms with Gasteiger partial charge in [0, 0.05) is 48.4 Å². The molecule has 0 aliphatic carbocycles. The molecule has 182 valence electrons. The molecular weight excluding hydrogens is 466 g/mol. The molecule has 2 heterocycles. The van der Waals surface area contributed by atoms with Crippen molar-refractivity contribution in [2.45, 2.75) is 18.9 Å². The molecule has 1 aliphatic heterocycles. The smallest absolute Gasteiger partial charge is 0.320 e. The lowest BCUT2D eigenvalue weighted by Crippen LogP contribution is -2.44. The predicted octanol–water partition coefficient (Wildman–Crippen LogP) is 4.34. The Bertz CT molecular complexity index is 1120. The van der Waals surface area contributed by atoms with Crippen molar-refractivity contribution < 1.29 is 14.7 Å². The maximum atomic E-state index is 13.1. The Labute approximate surface area is 209 Å². The summed E-state index contributed by atoms with van der Waals surface area (Å²) in [7, 11) is 0. The number of phenolic OH excluding ortho intramolecular Hbond substituents is 1. The van der Waals surface area contributed by atoms with E-state index in [2.05, 4.69) is 25.8 Å². The Hall–Kier alpha value is -3.78. The van der Waals surface area contributed by atoms with E-state index in [0.717, 1.165) is 31.6 Å². The summed E-state index contributed by atoms with van der Waals surface area (Å²) in [6.45, 7) is 2.35. The summed E-state index contributed by atoms with van der Waals surface area (Å²) >= 11 is 5.90. The molecule has 1 aromatic heterocycles. The van der Waals surface area contributed by atoms with E-state index in [0.29, 0.717) is 28.7 Å². The lowest BCUT2D eigenvalue weighted by molar-refractivity contribution is -0.123. The van der Waals surface area contributed by atoms with Crippen LogP contribution in [0.4, 0.5) is 16.2 Å². The first-order valence-electron chi connectivity index (χ1n) is 11.5. The second kappa shape index (κ2) is 11.6. The van der Waals surface area contributed by atoms with Crippen LogP contribution in [0.1, 0.15) is 24.4 Å². The number of carbonyl (C=O) groups excluding carboxylic acids is 2. The van der Waals surface area contributed by atoms with Crippen LogP contribution in [0.2, 0.25) is 5.02 Å². The molecule has 8 nitrogen and oxygen atoms in total. The van der Waals surface area contributed by atoms with Crippen LogP contribution in [0.5, 0.6) is 5.75 Å². The van der Waals surface area contributed by atoms with Gasteiger partial charge in [0.05, 0.1) is 0 Å². The number of nitrogens with one attached hydrogen (secondary N) is 3. The fraction of sp³-hybridized carbons (Fsp3) is 0.269. The third-order valence-corrected chi connectivity index (χ3v) is 6.33. The van der Waals surface area contributed by atoms with Gasteiger partial charge in [0.25, 0.3) is 0 Å². The molecule has 0 unspecified atom stereocenters. The first kappa shape index (κ1) is 24.3. The minimum atomic E-state index is -0.917. The highest BCUT2D eigenvalue weighted by molar-refractivity contribution is 6.30. The van der Waals surface area contributed by atoms with E-state index in [-0.39, 0.29) is 11.7 Å². The summed E-state index contributed by atoms with van der Waals surface area (Å²) in [6, 6.07) is 15.5. The summed E-state index contributed by atoms with van der Waals surface area (Å²) in [6.07, 6.45) is 5.50. The highest BCUT2D eigenvalue weighted by Crippen LogP contribution is 2.23. The summed E-state index contributed by atoms with van der Waals surface area (Å²) in [5, 5.41) is 18.7. The number of phenols is 1. The summed E-state index contributed by atoms with van der Waals surface area (Å²) in [5.74, 6) is 0.124. The molecule has 1 atom stereocenters. The number of aromatic nitrogens is 1. The first-order chi connectivity index (χ1) is 17.0. The van der Waals surface area contributed by atoms with Gasteiger partial charge in [-0.25, -0.2) is 4.79 Å². The molecule has 0 radical (unpaired) electrons. The molecule has 0 saturated carbocycles. The standard InChI is InChI=1S/C26H28ClN5O3/c27-20-3-5-21(6-4-20)30-26(35)31-24(19-1-7-23(33)8-2-19)25(34)29-17-18-11-15-32(16-12-18)22-9-13-28-14-10-22/h1-10,13-14,18,24,33H,11-12,15-17H2,(H,29,34)(H2,30,31,35)/t24-/m1/s1. The Morgan fingerprint density at radius 1 is 1.00 bits per heavy atom. The first-order valence-corrected chi connectivity index (χ1v) is 11.9. The molecule has 9 heteroatoms. The van der Waals surface area contributed by atoms with Crippen molar-refractivity contribution in [3.63, 3.8) is 0 Å². The lowest BCUT2D eigenvalue weighted by Gasteiger charge is -2.33. The number of nitrogens with zero attached hydrogens (tertiary/aromatic N) is 2. The molecule has 35 heavy (non-hydrogen) atoms. The van der Waals surface area contributed by atoms with E-state index < -0.39 is 12.1 Å². The van der Waals surface area contributed by atoms with Gasteiger partial charge in [-0.3, -0.25) is 9.78 Å². The van der Waals surface area contributed by atoms with Crippen LogP contribution in [-0.4, -0.2) is 41.7 Å². The van der Waals surface area contributed by atoms with Crippen molar-refractivity contribution in [1.82, 2.24) is 15.6 Å². The average Bonchev–Trinajstić information content (AvgIpc) is 2.89. The van der Waals surface area contributed by atoms with Crippen molar-refractivity contribution in [3.8, 4) is 5.75 Å². The number of hydrogen-bond donors (Lipinski definition) is 4. The normalized spacial score (nSPS) is 14.7. The van der Waals surface area contributed by atoms with E-state index in [4.69, 9.17) is 11.6 Å². The minimum Gasteiger partial charge on any atom is -0.508 e. The van der Waals surface area contributed by atoms with Crippen LogP contribution in [-0.2, 0) is 4.79 Å². The third-order valence-electron chi connectivity index (χ3n) is 6.07. The predicted molar refractivity (Wildman–Crippen MR) is 137 cm³/mol. The van der Waals surface area contributed by atoms with E-state index >= 15 is 0 Å². The van der Waals surface area contributed by atoms with Gasteiger partial charge < -0.3 is 26.0 Å². The van der Waals surface area contributed by atoms with Gasteiger partial charge >= 0.3 is 6.03 Å². The molecule has 3 amide bonds. The molecule has 1 aliphatic rings. The number of benzene rings is 2. The number of anilines is 2. The average molecular weight is 494 g/mol. The molecule has 1 fully saturated rings. The second-order valence-corrected chi connectivity index (χ2v) is 8.95. The van der Waals surface area contributed by atoms with Crippen LogP contribution < -0.4 is 20.9 Å². The van der Waals surface area contributed by atoms with Crippen molar-refractivity contribution in [3.05, 3.63) is 83.6 Å². The molecule has 4 rings (SSSR count). The van der Waals surface area contributed by atoms with Gasteiger partial charge in [0.1, 0.15) is 11.8 Å². The Morgan fingerprint density at radius 3 is 2.31 bits per heavy atom. The number of carbonyl (C=O) groups is 2. The van der Waals surface area contributed by atoms with Crippen molar-refractivity contribution in [2.75, 3.05) is 29.9 Å². The number of piperidine rings is 1. The number of aromatic hydroxyl groups is 1.